The van der Waals surface area contributed by atoms with E-state index in [-0.39, 0.29) is 34.3 Å². The maximum atomic E-state index is 13.4. The first kappa shape index (κ1) is 26.6. The molecule has 1 unspecified atom stereocenters. The van der Waals surface area contributed by atoms with Gasteiger partial charge in [0.05, 0.1) is 4.90 Å². The molecule has 4 rings (SSSR count). The fraction of sp³-hybridized carbons (Fsp3) is 0.292. The number of benzene rings is 2. The van der Waals surface area contributed by atoms with E-state index in [4.69, 9.17) is 23.2 Å². The van der Waals surface area contributed by atoms with Crippen LogP contribution in [0, 0.1) is 0 Å². The molecular weight excluding hydrogens is 545 g/mol. The summed E-state index contributed by atoms with van der Waals surface area (Å²) in [5.41, 5.74) is 0.137. The van der Waals surface area contributed by atoms with E-state index in [0.717, 1.165) is 14.9 Å². The Morgan fingerprint density at radius 2 is 1.86 bits per heavy atom. The number of halogens is 2. The van der Waals surface area contributed by atoms with Crippen LogP contribution in [0.15, 0.2) is 58.9 Å². The standard InChI is InChI=1S/C24H23Cl2N3O5S2/c1-24(7-2-9-29(24)36(33,34)19-13-17(25)12-18(26)14-19)23(32)28-20(22(30)31)11-15-3-5-16(6-4-15)21-27-8-10-35-21/h3-6,8,10,12-14,20H,2,7,9,11H2,1H3,(H,28,32)(H,30,31)/t20?,24-/m0/s1. The molecule has 1 fully saturated rings. The minimum atomic E-state index is -4.13. The third kappa shape index (κ3) is 5.42. The average Bonchev–Trinajstić information content (AvgIpc) is 3.49. The van der Waals surface area contributed by atoms with Crippen molar-refractivity contribution in [3.05, 3.63) is 69.7 Å². The third-order valence-corrected chi connectivity index (χ3v) is 9.42. The lowest BCUT2D eigenvalue weighted by Gasteiger charge is -2.34. The van der Waals surface area contributed by atoms with E-state index < -0.39 is 33.5 Å². The van der Waals surface area contributed by atoms with Gasteiger partial charge in [-0.05, 0) is 43.5 Å². The number of amides is 1. The van der Waals surface area contributed by atoms with Crippen molar-refractivity contribution in [3.8, 4) is 10.6 Å². The van der Waals surface area contributed by atoms with Crippen molar-refractivity contribution in [2.75, 3.05) is 6.54 Å². The molecule has 1 amide bonds. The number of hydrogen-bond donors (Lipinski definition) is 2. The number of aliphatic carboxylic acids is 1. The molecule has 36 heavy (non-hydrogen) atoms. The minimum Gasteiger partial charge on any atom is -0.480 e. The monoisotopic (exact) mass is 567 g/mol. The molecule has 2 heterocycles. The Labute approximate surface area is 222 Å². The van der Waals surface area contributed by atoms with Crippen LogP contribution in [-0.4, -0.2) is 52.8 Å². The van der Waals surface area contributed by atoms with Crippen molar-refractivity contribution in [2.24, 2.45) is 0 Å². The van der Waals surface area contributed by atoms with Crippen LogP contribution >= 0.6 is 34.5 Å². The smallest absolute Gasteiger partial charge is 0.326 e. The molecule has 8 nitrogen and oxygen atoms in total. The molecular formula is C24H23Cl2N3O5S2. The number of carbonyl (C=O) groups is 2. The molecule has 1 saturated heterocycles. The number of carboxylic acids is 1. The highest BCUT2D eigenvalue weighted by Gasteiger charge is 2.50. The summed E-state index contributed by atoms with van der Waals surface area (Å²) in [5, 5.41) is 15.4. The molecule has 0 bridgehead atoms. The predicted molar refractivity (Wildman–Crippen MR) is 139 cm³/mol. The number of nitrogens with zero attached hydrogens (tertiary/aromatic N) is 2. The van der Waals surface area contributed by atoms with Gasteiger partial charge in [0.2, 0.25) is 15.9 Å². The van der Waals surface area contributed by atoms with Crippen LogP contribution in [0.3, 0.4) is 0 Å². The molecule has 0 spiro atoms. The number of thiazole rings is 1. The van der Waals surface area contributed by atoms with Crippen LogP contribution < -0.4 is 5.32 Å². The molecule has 0 radical (unpaired) electrons. The third-order valence-electron chi connectivity index (χ3n) is 6.16. The summed E-state index contributed by atoms with van der Waals surface area (Å²) >= 11 is 13.5. The van der Waals surface area contributed by atoms with Crippen molar-refractivity contribution < 1.29 is 23.1 Å². The number of carboxylic acid groups (broad SMARTS) is 1. The Balaban J connectivity index is 1.53. The Bertz CT molecular complexity index is 1360. The summed E-state index contributed by atoms with van der Waals surface area (Å²) in [5.74, 6) is -1.89. The number of carbonyl (C=O) groups excluding carboxylic acids is 1. The van der Waals surface area contributed by atoms with Gasteiger partial charge in [0, 0.05) is 40.2 Å². The lowest BCUT2D eigenvalue weighted by Crippen LogP contribution is -2.58. The molecule has 190 valence electrons. The molecule has 3 aromatic rings. The summed E-state index contributed by atoms with van der Waals surface area (Å²) in [6, 6.07) is 9.98. The van der Waals surface area contributed by atoms with E-state index >= 15 is 0 Å². The highest BCUT2D eigenvalue weighted by Crippen LogP contribution is 2.36. The second-order valence-electron chi connectivity index (χ2n) is 8.66. The molecule has 0 aliphatic carbocycles. The summed E-state index contributed by atoms with van der Waals surface area (Å²) in [6.45, 7) is 1.60. The zero-order valence-corrected chi connectivity index (χ0v) is 22.3. The molecule has 2 aromatic carbocycles. The lowest BCUT2D eigenvalue weighted by atomic mass is 9.97. The topological polar surface area (TPSA) is 117 Å². The fourth-order valence-corrected chi connectivity index (χ4v) is 7.43. The highest BCUT2D eigenvalue weighted by atomic mass is 35.5. The van der Waals surface area contributed by atoms with E-state index in [1.165, 1.54) is 36.5 Å². The molecule has 12 heteroatoms. The number of sulfonamides is 1. The number of nitrogens with one attached hydrogen (secondary N) is 1. The Morgan fingerprint density at radius 3 is 2.44 bits per heavy atom. The van der Waals surface area contributed by atoms with Gasteiger partial charge in [-0.25, -0.2) is 18.2 Å². The zero-order chi connectivity index (χ0) is 26.1. The van der Waals surface area contributed by atoms with Crippen molar-refractivity contribution in [3.63, 3.8) is 0 Å². The van der Waals surface area contributed by atoms with Crippen LogP contribution in [0.25, 0.3) is 10.6 Å². The number of rotatable bonds is 8. The van der Waals surface area contributed by atoms with Gasteiger partial charge >= 0.3 is 5.97 Å². The molecule has 0 saturated carbocycles. The maximum absolute atomic E-state index is 13.4. The van der Waals surface area contributed by atoms with Crippen LogP contribution in [0.4, 0.5) is 0 Å². The van der Waals surface area contributed by atoms with Crippen molar-refractivity contribution in [1.29, 1.82) is 0 Å². The van der Waals surface area contributed by atoms with Crippen LogP contribution in [0.2, 0.25) is 10.0 Å². The molecule has 1 aromatic heterocycles. The Kier molecular flexibility index (Phi) is 7.72. The van der Waals surface area contributed by atoms with Crippen LogP contribution in [-0.2, 0) is 26.0 Å². The first-order valence-electron chi connectivity index (χ1n) is 11.0. The van der Waals surface area contributed by atoms with E-state index in [2.05, 4.69) is 10.3 Å². The summed E-state index contributed by atoms with van der Waals surface area (Å²) in [6.07, 6.45) is 2.42. The van der Waals surface area contributed by atoms with Crippen molar-refractivity contribution in [2.45, 2.75) is 42.7 Å². The predicted octanol–water partition coefficient (Wildman–Crippen LogP) is 4.47. The quantitative estimate of drug-likeness (QED) is 0.414. The van der Waals surface area contributed by atoms with E-state index in [9.17, 15) is 23.1 Å². The van der Waals surface area contributed by atoms with E-state index in [0.29, 0.717) is 12.0 Å². The minimum absolute atomic E-state index is 0.0337. The van der Waals surface area contributed by atoms with Gasteiger partial charge in [-0.3, -0.25) is 4.79 Å². The van der Waals surface area contributed by atoms with Crippen LogP contribution in [0.5, 0.6) is 0 Å². The van der Waals surface area contributed by atoms with Crippen LogP contribution in [0.1, 0.15) is 25.3 Å². The van der Waals surface area contributed by atoms with Gasteiger partial charge in [-0.2, -0.15) is 4.31 Å². The SMILES string of the molecule is C[C@@]1(C(=O)NC(Cc2ccc(-c3nccs3)cc2)C(=O)O)CCCN1S(=O)(=O)c1cc(Cl)cc(Cl)c1. The second-order valence-corrected chi connectivity index (χ2v) is 12.3. The first-order valence-corrected chi connectivity index (χ1v) is 14.1. The summed E-state index contributed by atoms with van der Waals surface area (Å²) in [4.78, 5) is 29.5. The number of hydrogen-bond acceptors (Lipinski definition) is 6. The van der Waals surface area contributed by atoms with Gasteiger partial charge < -0.3 is 10.4 Å². The van der Waals surface area contributed by atoms with Crippen molar-refractivity contribution >= 4 is 56.4 Å². The molecule has 1 aliphatic rings. The van der Waals surface area contributed by atoms with E-state index in [1.807, 2.05) is 17.5 Å². The van der Waals surface area contributed by atoms with Gasteiger partial charge in [0.15, 0.2) is 0 Å². The van der Waals surface area contributed by atoms with Gasteiger partial charge in [0.25, 0.3) is 0 Å². The van der Waals surface area contributed by atoms with E-state index in [1.54, 1.807) is 18.3 Å². The van der Waals surface area contributed by atoms with Gasteiger partial charge in [0.1, 0.15) is 16.6 Å². The second kappa shape index (κ2) is 10.5. The highest BCUT2D eigenvalue weighted by molar-refractivity contribution is 7.89. The molecule has 2 atom stereocenters. The van der Waals surface area contributed by atoms with Gasteiger partial charge in [-0.15, -0.1) is 11.3 Å². The van der Waals surface area contributed by atoms with Crippen molar-refractivity contribution in [1.82, 2.24) is 14.6 Å². The molecule has 2 N–H and O–H groups in total. The first-order chi connectivity index (χ1) is 17.0. The Hall–Kier alpha value is -2.50. The Morgan fingerprint density at radius 1 is 1.19 bits per heavy atom. The number of aromatic nitrogens is 1. The average molecular weight is 569 g/mol. The largest absolute Gasteiger partial charge is 0.480 e. The summed E-state index contributed by atoms with van der Waals surface area (Å²) in [7, 11) is -4.13. The van der Waals surface area contributed by atoms with Gasteiger partial charge in [-0.1, -0.05) is 47.5 Å². The zero-order valence-electron chi connectivity index (χ0n) is 19.1. The lowest BCUT2D eigenvalue weighted by molar-refractivity contribution is -0.143. The fourth-order valence-electron chi connectivity index (χ4n) is 4.25. The molecule has 1 aliphatic heterocycles. The summed E-state index contributed by atoms with van der Waals surface area (Å²) < 4.78 is 27.9. The maximum Gasteiger partial charge on any atom is 0.326 e. The normalized spacial score (nSPS) is 19.2.